The number of nitrogens with one attached hydrogen (secondary N) is 2. The molecule has 3 rings (SSSR count). The fourth-order valence-electron chi connectivity index (χ4n) is 3.02. The van der Waals surface area contributed by atoms with Crippen LogP contribution >= 0.6 is 0 Å². The fraction of sp³-hybridized carbons (Fsp3) is 0.350. The number of aliphatic imine (C=N–C) groups is 1. The summed E-state index contributed by atoms with van der Waals surface area (Å²) >= 11 is 0. The molecule has 0 spiro atoms. The van der Waals surface area contributed by atoms with Crippen LogP contribution in [0.5, 0.6) is 11.5 Å². The zero-order valence-corrected chi connectivity index (χ0v) is 15.3. The smallest absolute Gasteiger partial charge is 0.195 e. The second-order valence-electron chi connectivity index (χ2n) is 6.41. The molecule has 0 aliphatic heterocycles. The minimum atomic E-state index is -0.193. The highest BCUT2D eigenvalue weighted by atomic mass is 19.1. The van der Waals surface area contributed by atoms with Crippen molar-refractivity contribution in [1.29, 1.82) is 0 Å². The molecule has 1 aliphatic carbocycles. The molecule has 2 N–H and O–H groups in total. The maximum Gasteiger partial charge on any atom is 0.195 e. The van der Waals surface area contributed by atoms with Crippen LogP contribution in [0, 0.1) is 5.82 Å². The Morgan fingerprint density at radius 1 is 1.12 bits per heavy atom. The Hall–Kier alpha value is -2.76. The number of guanidine groups is 1. The number of benzene rings is 2. The summed E-state index contributed by atoms with van der Waals surface area (Å²) in [7, 11) is 4.93. The van der Waals surface area contributed by atoms with Crippen molar-refractivity contribution < 1.29 is 13.9 Å². The molecule has 5 nitrogen and oxygen atoms in total. The van der Waals surface area contributed by atoms with Crippen LogP contribution in [0.25, 0.3) is 0 Å². The summed E-state index contributed by atoms with van der Waals surface area (Å²) in [6.45, 7) is 0.698. The van der Waals surface area contributed by atoms with Gasteiger partial charge in [-0.05, 0) is 42.7 Å². The van der Waals surface area contributed by atoms with Crippen molar-refractivity contribution in [3.63, 3.8) is 0 Å². The lowest BCUT2D eigenvalue weighted by atomic mass is 9.96. The Morgan fingerprint density at radius 2 is 1.88 bits per heavy atom. The number of hydrogen-bond acceptors (Lipinski definition) is 3. The van der Waals surface area contributed by atoms with Crippen molar-refractivity contribution >= 4 is 11.6 Å². The first-order chi connectivity index (χ1) is 12.6. The third-order valence-corrected chi connectivity index (χ3v) is 4.75. The quantitative estimate of drug-likeness (QED) is 0.613. The zero-order chi connectivity index (χ0) is 18.6. The summed E-state index contributed by atoms with van der Waals surface area (Å²) < 4.78 is 24.1. The van der Waals surface area contributed by atoms with E-state index in [1.54, 1.807) is 33.4 Å². The molecule has 2 aromatic carbocycles. The molecule has 0 heterocycles. The lowest BCUT2D eigenvalue weighted by molar-refractivity contribution is 0.355. The van der Waals surface area contributed by atoms with Crippen LogP contribution < -0.4 is 20.1 Å². The van der Waals surface area contributed by atoms with E-state index in [0.717, 1.165) is 24.1 Å². The molecular weight excluding hydrogens is 333 g/mol. The van der Waals surface area contributed by atoms with Gasteiger partial charge in [0.1, 0.15) is 5.82 Å². The van der Waals surface area contributed by atoms with Crippen molar-refractivity contribution in [2.75, 3.05) is 33.1 Å². The Bertz CT molecular complexity index is 803. The van der Waals surface area contributed by atoms with Crippen LogP contribution in [0.4, 0.5) is 10.1 Å². The van der Waals surface area contributed by atoms with Gasteiger partial charge in [-0.2, -0.15) is 0 Å². The summed E-state index contributed by atoms with van der Waals surface area (Å²) in [6.07, 6.45) is 2.08. The van der Waals surface area contributed by atoms with Gasteiger partial charge in [-0.3, -0.25) is 4.99 Å². The molecule has 0 unspecified atom stereocenters. The van der Waals surface area contributed by atoms with Gasteiger partial charge in [0.15, 0.2) is 17.5 Å². The average molecular weight is 357 g/mol. The van der Waals surface area contributed by atoms with Crippen LogP contribution in [-0.2, 0) is 5.41 Å². The van der Waals surface area contributed by atoms with E-state index < -0.39 is 0 Å². The van der Waals surface area contributed by atoms with Crippen LogP contribution in [0.1, 0.15) is 18.4 Å². The van der Waals surface area contributed by atoms with Crippen molar-refractivity contribution in [2.45, 2.75) is 18.3 Å². The standard InChI is InChI=1S/C20H24FN3O2/c1-22-19(24-16-7-8-17(25-2)18(12-16)26-3)23-13-20(9-10-20)14-5-4-6-15(21)11-14/h4-8,11-12H,9-10,13H2,1-3H3,(H2,22,23,24). The van der Waals surface area contributed by atoms with E-state index in [2.05, 4.69) is 15.6 Å². The molecule has 0 aromatic heterocycles. The lowest BCUT2D eigenvalue weighted by Crippen LogP contribution is -2.36. The molecule has 0 radical (unpaired) electrons. The van der Waals surface area contributed by atoms with Gasteiger partial charge in [0.05, 0.1) is 14.2 Å². The topological polar surface area (TPSA) is 54.9 Å². The SMILES string of the molecule is CN=C(NCC1(c2cccc(F)c2)CC1)Nc1ccc(OC)c(OC)c1. The van der Waals surface area contributed by atoms with Crippen molar-refractivity contribution in [3.8, 4) is 11.5 Å². The van der Waals surface area contributed by atoms with E-state index in [4.69, 9.17) is 9.47 Å². The molecule has 0 saturated heterocycles. The summed E-state index contributed by atoms with van der Waals surface area (Å²) in [6, 6.07) is 12.4. The fourth-order valence-corrected chi connectivity index (χ4v) is 3.02. The first-order valence-corrected chi connectivity index (χ1v) is 8.56. The normalized spacial score (nSPS) is 15.3. The molecule has 138 valence electrons. The molecule has 1 saturated carbocycles. The molecule has 0 amide bonds. The van der Waals surface area contributed by atoms with Crippen LogP contribution in [0.15, 0.2) is 47.5 Å². The van der Waals surface area contributed by atoms with Crippen LogP contribution in [0.2, 0.25) is 0 Å². The number of ether oxygens (including phenoxy) is 2. The molecule has 1 aliphatic rings. The summed E-state index contributed by atoms with van der Waals surface area (Å²) in [5.41, 5.74) is 1.86. The van der Waals surface area contributed by atoms with Gasteiger partial charge in [0, 0.05) is 30.8 Å². The summed E-state index contributed by atoms with van der Waals surface area (Å²) in [4.78, 5) is 4.27. The number of rotatable bonds is 6. The first kappa shape index (κ1) is 18.0. The largest absolute Gasteiger partial charge is 0.493 e. The van der Waals surface area contributed by atoms with E-state index in [0.29, 0.717) is 24.0 Å². The number of halogens is 1. The number of anilines is 1. The lowest BCUT2D eigenvalue weighted by Gasteiger charge is -2.19. The second-order valence-corrected chi connectivity index (χ2v) is 6.41. The zero-order valence-electron chi connectivity index (χ0n) is 15.3. The van der Waals surface area contributed by atoms with Gasteiger partial charge >= 0.3 is 0 Å². The van der Waals surface area contributed by atoms with E-state index >= 15 is 0 Å². The van der Waals surface area contributed by atoms with E-state index in [-0.39, 0.29) is 11.2 Å². The minimum absolute atomic E-state index is 0.0165. The van der Waals surface area contributed by atoms with E-state index in [1.807, 2.05) is 24.3 Å². The maximum absolute atomic E-state index is 13.5. The minimum Gasteiger partial charge on any atom is -0.493 e. The predicted octanol–water partition coefficient (Wildman–Crippen LogP) is 3.56. The van der Waals surface area contributed by atoms with E-state index in [9.17, 15) is 4.39 Å². The van der Waals surface area contributed by atoms with Crippen molar-refractivity contribution in [3.05, 3.63) is 53.8 Å². The maximum atomic E-state index is 13.5. The Balaban J connectivity index is 1.66. The molecule has 0 bridgehead atoms. The Kier molecular flexibility index (Phi) is 5.30. The third-order valence-electron chi connectivity index (χ3n) is 4.75. The highest BCUT2D eigenvalue weighted by molar-refractivity contribution is 5.94. The molecule has 2 aromatic rings. The number of hydrogen-bond donors (Lipinski definition) is 2. The van der Waals surface area contributed by atoms with Crippen LogP contribution in [-0.4, -0.2) is 33.8 Å². The van der Waals surface area contributed by atoms with Gasteiger partial charge in [-0.15, -0.1) is 0 Å². The molecule has 1 fully saturated rings. The average Bonchev–Trinajstić information content (AvgIpc) is 3.46. The van der Waals surface area contributed by atoms with Gasteiger partial charge in [-0.25, -0.2) is 4.39 Å². The highest BCUT2D eigenvalue weighted by Crippen LogP contribution is 2.47. The predicted molar refractivity (Wildman–Crippen MR) is 102 cm³/mol. The first-order valence-electron chi connectivity index (χ1n) is 8.56. The Labute approximate surface area is 153 Å². The monoisotopic (exact) mass is 357 g/mol. The van der Waals surface area contributed by atoms with Crippen molar-refractivity contribution in [1.82, 2.24) is 5.32 Å². The van der Waals surface area contributed by atoms with Gasteiger partial charge in [0.25, 0.3) is 0 Å². The summed E-state index contributed by atoms with van der Waals surface area (Å²) in [5.74, 6) is 1.77. The highest BCUT2D eigenvalue weighted by Gasteiger charge is 2.44. The van der Waals surface area contributed by atoms with Gasteiger partial charge in [-0.1, -0.05) is 12.1 Å². The second kappa shape index (κ2) is 7.64. The third kappa shape index (κ3) is 3.90. The van der Waals surface area contributed by atoms with E-state index in [1.165, 1.54) is 6.07 Å². The molecule has 26 heavy (non-hydrogen) atoms. The number of methoxy groups -OCH3 is 2. The molecule has 0 atom stereocenters. The summed E-state index contributed by atoms with van der Waals surface area (Å²) in [5, 5.41) is 6.60. The van der Waals surface area contributed by atoms with Gasteiger partial charge < -0.3 is 20.1 Å². The number of nitrogens with zero attached hydrogens (tertiary/aromatic N) is 1. The van der Waals surface area contributed by atoms with Crippen molar-refractivity contribution in [2.24, 2.45) is 4.99 Å². The molecular formula is C20H24FN3O2. The molecule has 6 heteroatoms. The Morgan fingerprint density at radius 3 is 2.50 bits per heavy atom. The van der Waals surface area contributed by atoms with Gasteiger partial charge in [0.2, 0.25) is 0 Å². The van der Waals surface area contributed by atoms with Crippen LogP contribution in [0.3, 0.4) is 0 Å².